The third-order valence-electron chi connectivity index (χ3n) is 8.42. The first-order valence-electron chi connectivity index (χ1n) is 14.5. The first-order valence-corrected chi connectivity index (χ1v) is 14.5. The first-order chi connectivity index (χ1) is 21.0. The lowest BCUT2D eigenvalue weighted by Crippen LogP contribution is -2.39. The van der Waals surface area contributed by atoms with E-state index in [1.165, 1.54) is 29.9 Å². The summed E-state index contributed by atoms with van der Waals surface area (Å²) >= 11 is 0. The Balaban J connectivity index is 1.33. The Morgan fingerprint density at radius 1 is 1.07 bits per heavy atom. The minimum Gasteiger partial charge on any atom is -0.369 e. The molecule has 45 heavy (non-hydrogen) atoms. The number of amides is 2. The van der Waals surface area contributed by atoms with Gasteiger partial charge in [-0.3, -0.25) is 14.3 Å². The van der Waals surface area contributed by atoms with Crippen LogP contribution in [0.4, 0.5) is 30.7 Å². The number of hydrogen-bond donors (Lipinski definition) is 3. The summed E-state index contributed by atoms with van der Waals surface area (Å²) in [5, 5.41) is 23.8. The normalized spacial score (nSPS) is 20.0. The van der Waals surface area contributed by atoms with Crippen LogP contribution in [0.5, 0.6) is 0 Å². The van der Waals surface area contributed by atoms with Gasteiger partial charge < -0.3 is 15.7 Å². The molecule has 17 heteroatoms. The highest BCUT2D eigenvalue weighted by Crippen LogP contribution is 2.44. The van der Waals surface area contributed by atoms with E-state index in [-0.39, 0.29) is 47.4 Å². The monoisotopic (exact) mass is 647 g/mol. The zero-order valence-electron chi connectivity index (χ0n) is 24.1. The van der Waals surface area contributed by atoms with Crippen molar-refractivity contribution in [1.29, 1.82) is 0 Å². The Kier molecular flexibility index (Phi) is 8.85. The van der Waals surface area contributed by atoms with Crippen molar-refractivity contribution in [2.45, 2.75) is 95.1 Å². The van der Waals surface area contributed by atoms with E-state index in [9.17, 15) is 45.4 Å². The minimum atomic E-state index is -4.41. The van der Waals surface area contributed by atoms with Crippen LogP contribution in [0.15, 0.2) is 24.7 Å². The van der Waals surface area contributed by atoms with Crippen LogP contribution >= 0.6 is 0 Å². The molecular formula is C28H32F7N7O3. The number of rotatable bonds is 10. The van der Waals surface area contributed by atoms with Crippen molar-refractivity contribution in [3.63, 3.8) is 0 Å². The maximum atomic E-state index is 14.0. The van der Waals surface area contributed by atoms with Crippen molar-refractivity contribution in [3.05, 3.63) is 47.2 Å². The summed E-state index contributed by atoms with van der Waals surface area (Å²) < 4.78 is 94.7. The standard InChI is InChI=1S/C28H32F7N7O3/c1-15-19(13-37-41(15)7-6-28(33,34)35)25(45)40-23(17-2-4-26(29,30)5-3-17)20-14-42-21(38-20)9-18(12-36-42)24(44)39-22(43)8-16-10-27(31,32)11-16/h9,12-14,16-17,23-24,44H,2-8,10-11H2,1H3,(H,39,43)(H,40,45)/t23-,24+/m0/s1. The van der Waals surface area contributed by atoms with E-state index in [1.54, 1.807) is 0 Å². The fourth-order valence-electron chi connectivity index (χ4n) is 5.87. The molecule has 2 atom stereocenters. The van der Waals surface area contributed by atoms with Crippen LogP contribution in [0, 0.1) is 18.8 Å². The van der Waals surface area contributed by atoms with Crippen molar-refractivity contribution in [2.24, 2.45) is 11.8 Å². The molecular weight excluding hydrogens is 615 g/mol. The Bertz CT molecular complexity index is 1540. The van der Waals surface area contributed by atoms with Gasteiger partial charge in [0.05, 0.1) is 42.3 Å². The average molecular weight is 648 g/mol. The topological polar surface area (TPSA) is 126 Å². The molecule has 5 rings (SSSR count). The predicted molar refractivity (Wildman–Crippen MR) is 143 cm³/mol. The number of aliphatic hydroxyl groups excluding tert-OH is 1. The summed E-state index contributed by atoms with van der Waals surface area (Å²) in [5.74, 6) is -7.84. The maximum Gasteiger partial charge on any atom is 0.390 e. The zero-order chi connectivity index (χ0) is 32.7. The quantitative estimate of drug-likeness (QED) is 0.210. The maximum absolute atomic E-state index is 14.0. The van der Waals surface area contributed by atoms with Gasteiger partial charge in [-0.25, -0.2) is 27.1 Å². The van der Waals surface area contributed by atoms with Crippen LogP contribution in [0.3, 0.4) is 0 Å². The molecule has 0 bridgehead atoms. The number of fused-ring (bicyclic) bond motifs is 1. The second-order valence-corrected chi connectivity index (χ2v) is 11.9. The van der Waals surface area contributed by atoms with Gasteiger partial charge >= 0.3 is 6.18 Å². The van der Waals surface area contributed by atoms with Crippen molar-refractivity contribution >= 4 is 17.5 Å². The molecule has 0 radical (unpaired) electrons. The molecule has 3 heterocycles. The van der Waals surface area contributed by atoms with E-state index in [2.05, 4.69) is 25.8 Å². The summed E-state index contributed by atoms with van der Waals surface area (Å²) in [6.45, 7) is 0.976. The van der Waals surface area contributed by atoms with Crippen molar-refractivity contribution in [2.75, 3.05) is 0 Å². The number of aromatic nitrogens is 5. The van der Waals surface area contributed by atoms with Crippen molar-refractivity contribution < 1.29 is 45.4 Å². The average Bonchev–Trinajstić information content (AvgIpc) is 3.51. The number of hydrogen-bond acceptors (Lipinski definition) is 6. The molecule has 3 aromatic heterocycles. The van der Waals surface area contributed by atoms with E-state index in [0.29, 0.717) is 0 Å². The highest BCUT2D eigenvalue weighted by molar-refractivity contribution is 5.95. The van der Waals surface area contributed by atoms with E-state index in [4.69, 9.17) is 0 Å². The van der Waals surface area contributed by atoms with Crippen molar-refractivity contribution in [1.82, 2.24) is 35.0 Å². The molecule has 2 aliphatic carbocycles. The van der Waals surface area contributed by atoms with E-state index < -0.39 is 92.6 Å². The third-order valence-corrected chi connectivity index (χ3v) is 8.42. The lowest BCUT2D eigenvalue weighted by Gasteiger charge is -2.34. The molecule has 0 unspecified atom stereocenters. The number of aliphatic hydroxyl groups is 1. The number of carbonyl (C=O) groups excluding carboxylic acids is 2. The lowest BCUT2D eigenvalue weighted by atomic mass is 9.79. The van der Waals surface area contributed by atoms with Gasteiger partial charge in [0.15, 0.2) is 11.9 Å². The van der Waals surface area contributed by atoms with Gasteiger partial charge in [0.25, 0.3) is 5.91 Å². The number of nitrogens with zero attached hydrogens (tertiary/aromatic N) is 5. The Morgan fingerprint density at radius 2 is 1.76 bits per heavy atom. The summed E-state index contributed by atoms with van der Waals surface area (Å²) in [6, 6.07) is 0.545. The van der Waals surface area contributed by atoms with Gasteiger partial charge in [0.1, 0.15) is 0 Å². The molecule has 10 nitrogen and oxygen atoms in total. The molecule has 2 aliphatic rings. The number of carbonyl (C=O) groups is 2. The van der Waals surface area contributed by atoms with Crippen LogP contribution in [0.1, 0.15) is 90.9 Å². The molecule has 2 saturated carbocycles. The number of imidazole rings is 1. The Morgan fingerprint density at radius 3 is 2.40 bits per heavy atom. The smallest absolute Gasteiger partial charge is 0.369 e. The second kappa shape index (κ2) is 12.2. The van der Waals surface area contributed by atoms with E-state index >= 15 is 0 Å². The molecule has 2 fully saturated rings. The number of halogens is 7. The zero-order valence-corrected chi connectivity index (χ0v) is 24.1. The number of aryl methyl sites for hydroxylation is 1. The van der Waals surface area contributed by atoms with Gasteiger partial charge in [-0.2, -0.15) is 23.4 Å². The third kappa shape index (κ3) is 7.91. The summed E-state index contributed by atoms with van der Waals surface area (Å²) in [6.07, 6.45) is -4.80. The Labute approximate surface area is 252 Å². The highest BCUT2D eigenvalue weighted by atomic mass is 19.4. The second-order valence-electron chi connectivity index (χ2n) is 11.9. The lowest BCUT2D eigenvalue weighted by molar-refractivity contribution is -0.137. The van der Waals surface area contributed by atoms with Crippen LogP contribution in [-0.2, 0) is 11.3 Å². The van der Waals surface area contributed by atoms with Crippen LogP contribution in [0.2, 0.25) is 0 Å². The Hall–Kier alpha value is -3.76. The van der Waals surface area contributed by atoms with Crippen LogP contribution in [0.25, 0.3) is 5.65 Å². The molecule has 0 aromatic carbocycles. The van der Waals surface area contributed by atoms with Gasteiger partial charge in [-0.15, -0.1) is 0 Å². The fourth-order valence-corrected chi connectivity index (χ4v) is 5.87. The summed E-state index contributed by atoms with van der Waals surface area (Å²) in [5.41, 5.74) is 0.846. The molecule has 0 spiro atoms. The van der Waals surface area contributed by atoms with E-state index in [1.807, 2.05) is 0 Å². The molecule has 0 aliphatic heterocycles. The van der Waals surface area contributed by atoms with Gasteiger partial charge in [-0.05, 0) is 37.7 Å². The van der Waals surface area contributed by atoms with Gasteiger partial charge in [-0.1, -0.05) is 0 Å². The van der Waals surface area contributed by atoms with Crippen LogP contribution in [-0.4, -0.2) is 59.3 Å². The SMILES string of the molecule is Cc1c(C(=O)N[C@H](c2cn3ncc([C@@H](O)NC(=O)CC4CC(F)(F)C4)cc3n2)C2CCC(F)(F)CC2)cnn1CCC(F)(F)F. The van der Waals surface area contributed by atoms with Crippen molar-refractivity contribution in [3.8, 4) is 0 Å². The highest BCUT2D eigenvalue weighted by Gasteiger charge is 2.46. The summed E-state index contributed by atoms with van der Waals surface area (Å²) in [7, 11) is 0. The number of nitrogens with one attached hydrogen (secondary N) is 2. The first kappa shape index (κ1) is 32.6. The molecule has 3 N–H and O–H groups in total. The minimum absolute atomic E-state index is 0.0250. The van der Waals surface area contributed by atoms with Crippen LogP contribution < -0.4 is 10.6 Å². The predicted octanol–water partition coefficient (Wildman–Crippen LogP) is 5.03. The summed E-state index contributed by atoms with van der Waals surface area (Å²) in [4.78, 5) is 30.1. The van der Waals surface area contributed by atoms with Gasteiger partial charge in [0.2, 0.25) is 17.8 Å². The molecule has 3 aromatic rings. The molecule has 0 saturated heterocycles. The molecule has 246 valence electrons. The van der Waals surface area contributed by atoms with Gasteiger partial charge in [0, 0.05) is 49.9 Å². The molecule has 2 amide bonds. The largest absolute Gasteiger partial charge is 0.390 e. The number of alkyl halides is 7. The van der Waals surface area contributed by atoms with E-state index in [0.717, 1.165) is 10.9 Å². The fraction of sp³-hybridized carbons (Fsp3) is 0.607.